The number of hydrogen-bond donors (Lipinski definition) is 1. The van der Waals surface area contributed by atoms with Crippen molar-refractivity contribution in [1.82, 2.24) is 0 Å². The SMILES string of the molecule is Cl.O=C1CCCC(CO)O1. The van der Waals surface area contributed by atoms with Crippen LogP contribution >= 0.6 is 12.4 Å². The molecule has 0 aromatic heterocycles. The van der Waals surface area contributed by atoms with Gasteiger partial charge in [-0.2, -0.15) is 0 Å². The highest BCUT2D eigenvalue weighted by atomic mass is 35.5. The van der Waals surface area contributed by atoms with Crippen molar-refractivity contribution >= 4 is 18.4 Å². The molecule has 0 saturated carbocycles. The number of hydrogen-bond acceptors (Lipinski definition) is 3. The van der Waals surface area contributed by atoms with Gasteiger partial charge in [0.05, 0.1) is 6.61 Å². The molecule has 1 rings (SSSR count). The summed E-state index contributed by atoms with van der Waals surface area (Å²) in [6.45, 7) is -0.0360. The van der Waals surface area contributed by atoms with Gasteiger partial charge in [0.2, 0.25) is 0 Å². The molecular formula is C6H11ClO3. The molecule has 1 unspecified atom stereocenters. The average Bonchev–Trinajstić information content (AvgIpc) is 1.88. The number of ether oxygens (including phenoxy) is 1. The van der Waals surface area contributed by atoms with Gasteiger partial charge in [0.15, 0.2) is 0 Å². The Hall–Kier alpha value is -0.280. The fourth-order valence-corrected chi connectivity index (χ4v) is 0.906. The van der Waals surface area contributed by atoms with Crippen molar-refractivity contribution in [2.45, 2.75) is 25.4 Å². The molecule has 1 aliphatic rings. The van der Waals surface area contributed by atoms with Crippen molar-refractivity contribution in [2.75, 3.05) is 6.61 Å². The van der Waals surface area contributed by atoms with Crippen molar-refractivity contribution in [1.29, 1.82) is 0 Å². The quantitative estimate of drug-likeness (QED) is 0.577. The largest absolute Gasteiger partial charge is 0.460 e. The summed E-state index contributed by atoms with van der Waals surface area (Å²) in [4.78, 5) is 10.5. The van der Waals surface area contributed by atoms with Crippen molar-refractivity contribution in [3.05, 3.63) is 0 Å². The zero-order chi connectivity index (χ0) is 6.69. The molecule has 10 heavy (non-hydrogen) atoms. The third-order valence-electron chi connectivity index (χ3n) is 1.41. The Morgan fingerprint density at radius 1 is 1.70 bits per heavy atom. The standard InChI is InChI=1S/C6H10O3.ClH/c7-4-5-2-1-3-6(8)9-5;/h5,7H,1-4H2;1H. The number of halogens is 1. The molecule has 1 fully saturated rings. The second-order valence-electron chi connectivity index (χ2n) is 2.19. The first-order chi connectivity index (χ1) is 4.33. The molecule has 1 aliphatic heterocycles. The van der Waals surface area contributed by atoms with E-state index >= 15 is 0 Å². The minimum atomic E-state index is -0.230. The average molecular weight is 167 g/mol. The van der Waals surface area contributed by atoms with E-state index in [-0.39, 0.29) is 31.1 Å². The summed E-state index contributed by atoms with van der Waals surface area (Å²) < 4.78 is 4.75. The predicted octanol–water partition coefficient (Wildman–Crippen LogP) is 0.496. The van der Waals surface area contributed by atoms with Gasteiger partial charge in [-0.05, 0) is 12.8 Å². The highest BCUT2D eigenvalue weighted by Gasteiger charge is 2.18. The monoisotopic (exact) mass is 166 g/mol. The van der Waals surface area contributed by atoms with Crippen LogP contribution in [0.2, 0.25) is 0 Å². The van der Waals surface area contributed by atoms with E-state index in [1.165, 1.54) is 0 Å². The van der Waals surface area contributed by atoms with Gasteiger partial charge >= 0.3 is 5.97 Å². The van der Waals surface area contributed by atoms with E-state index in [1.54, 1.807) is 0 Å². The molecule has 0 spiro atoms. The molecular weight excluding hydrogens is 156 g/mol. The van der Waals surface area contributed by atoms with Gasteiger partial charge in [-0.15, -0.1) is 12.4 Å². The lowest BCUT2D eigenvalue weighted by Gasteiger charge is -2.19. The zero-order valence-electron chi connectivity index (χ0n) is 5.58. The lowest BCUT2D eigenvalue weighted by atomic mass is 10.1. The van der Waals surface area contributed by atoms with E-state index in [0.29, 0.717) is 6.42 Å². The molecule has 1 saturated heterocycles. The molecule has 0 aliphatic carbocycles. The van der Waals surface area contributed by atoms with Crippen molar-refractivity contribution in [3.8, 4) is 0 Å². The molecule has 1 atom stereocenters. The number of carbonyl (C=O) groups is 1. The normalized spacial score (nSPS) is 24.9. The lowest BCUT2D eigenvalue weighted by Crippen LogP contribution is -2.26. The van der Waals surface area contributed by atoms with Crippen LogP contribution in [0.15, 0.2) is 0 Å². The van der Waals surface area contributed by atoms with Crippen LogP contribution < -0.4 is 0 Å². The van der Waals surface area contributed by atoms with E-state index in [2.05, 4.69) is 0 Å². The summed E-state index contributed by atoms with van der Waals surface area (Å²) in [7, 11) is 0. The minimum absolute atomic E-state index is 0. The molecule has 0 aromatic carbocycles. The molecule has 0 aromatic rings. The fraction of sp³-hybridized carbons (Fsp3) is 0.833. The van der Waals surface area contributed by atoms with Gasteiger partial charge in [0.1, 0.15) is 6.10 Å². The first-order valence-electron chi connectivity index (χ1n) is 3.13. The summed E-state index contributed by atoms with van der Waals surface area (Å²) in [6, 6.07) is 0. The Labute approximate surface area is 65.8 Å². The van der Waals surface area contributed by atoms with Crippen LogP contribution in [0.5, 0.6) is 0 Å². The number of aliphatic hydroxyl groups is 1. The van der Waals surface area contributed by atoms with Gasteiger partial charge < -0.3 is 9.84 Å². The summed E-state index contributed by atoms with van der Waals surface area (Å²) in [5.74, 6) is -0.180. The first kappa shape index (κ1) is 9.72. The van der Waals surface area contributed by atoms with Crippen LogP contribution in [0.4, 0.5) is 0 Å². The third kappa shape index (κ3) is 2.54. The molecule has 60 valence electrons. The number of carbonyl (C=O) groups excluding carboxylic acids is 1. The highest BCUT2D eigenvalue weighted by Crippen LogP contribution is 2.12. The van der Waals surface area contributed by atoms with Crippen molar-refractivity contribution in [3.63, 3.8) is 0 Å². The Morgan fingerprint density at radius 3 is 2.80 bits per heavy atom. The number of esters is 1. The van der Waals surface area contributed by atoms with E-state index in [4.69, 9.17) is 9.84 Å². The van der Waals surface area contributed by atoms with Gasteiger partial charge in [0, 0.05) is 6.42 Å². The first-order valence-corrected chi connectivity index (χ1v) is 3.13. The van der Waals surface area contributed by atoms with Gasteiger partial charge in [-0.1, -0.05) is 0 Å². The smallest absolute Gasteiger partial charge is 0.306 e. The summed E-state index contributed by atoms with van der Waals surface area (Å²) in [5.41, 5.74) is 0. The minimum Gasteiger partial charge on any atom is -0.460 e. The van der Waals surface area contributed by atoms with Crippen LogP contribution in [0.25, 0.3) is 0 Å². The molecule has 0 bridgehead atoms. The van der Waals surface area contributed by atoms with Gasteiger partial charge in [-0.3, -0.25) is 4.79 Å². The second kappa shape index (κ2) is 4.52. The Morgan fingerprint density at radius 2 is 2.40 bits per heavy atom. The number of aliphatic hydroxyl groups excluding tert-OH is 1. The Kier molecular flexibility index (Phi) is 4.40. The van der Waals surface area contributed by atoms with E-state index in [0.717, 1.165) is 12.8 Å². The van der Waals surface area contributed by atoms with Gasteiger partial charge in [-0.25, -0.2) is 0 Å². The van der Waals surface area contributed by atoms with Crippen LogP contribution in [0.1, 0.15) is 19.3 Å². The summed E-state index contributed by atoms with van der Waals surface area (Å²) in [6.07, 6.45) is 1.94. The second-order valence-corrected chi connectivity index (χ2v) is 2.19. The maximum absolute atomic E-state index is 10.5. The van der Waals surface area contributed by atoms with Crippen molar-refractivity contribution < 1.29 is 14.6 Å². The third-order valence-corrected chi connectivity index (χ3v) is 1.41. The maximum atomic E-state index is 10.5. The van der Waals surface area contributed by atoms with Crippen LogP contribution in [0.3, 0.4) is 0 Å². The van der Waals surface area contributed by atoms with E-state index < -0.39 is 0 Å². The Balaban J connectivity index is 0.000000810. The molecule has 4 heteroatoms. The van der Waals surface area contributed by atoms with Crippen LogP contribution in [-0.2, 0) is 9.53 Å². The summed E-state index contributed by atoms with van der Waals surface area (Å²) in [5, 5.41) is 8.53. The number of cyclic esters (lactones) is 1. The zero-order valence-corrected chi connectivity index (χ0v) is 6.39. The van der Waals surface area contributed by atoms with Crippen molar-refractivity contribution in [2.24, 2.45) is 0 Å². The summed E-state index contributed by atoms with van der Waals surface area (Å²) >= 11 is 0. The maximum Gasteiger partial charge on any atom is 0.306 e. The fourth-order valence-electron chi connectivity index (χ4n) is 0.906. The lowest BCUT2D eigenvalue weighted by molar-refractivity contribution is -0.155. The van der Waals surface area contributed by atoms with E-state index in [9.17, 15) is 4.79 Å². The van der Waals surface area contributed by atoms with Crippen LogP contribution in [0, 0.1) is 0 Å². The Bertz CT molecular complexity index is 116. The highest BCUT2D eigenvalue weighted by molar-refractivity contribution is 5.85. The van der Waals surface area contributed by atoms with E-state index in [1.807, 2.05) is 0 Å². The number of rotatable bonds is 1. The molecule has 3 nitrogen and oxygen atoms in total. The molecule has 1 N–H and O–H groups in total. The predicted molar refractivity (Wildman–Crippen MR) is 38.1 cm³/mol. The topological polar surface area (TPSA) is 46.5 Å². The van der Waals surface area contributed by atoms with Crippen LogP contribution in [-0.4, -0.2) is 23.8 Å². The molecule has 1 heterocycles. The van der Waals surface area contributed by atoms with Gasteiger partial charge in [0.25, 0.3) is 0 Å². The molecule has 0 radical (unpaired) electrons. The molecule has 0 amide bonds.